The van der Waals surface area contributed by atoms with E-state index in [2.05, 4.69) is 20.6 Å². The Bertz CT molecular complexity index is 1200. The van der Waals surface area contributed by atoms with Crippen LogP contribution in [0.25, 0.3) is 0 Å². The number of methoxy groups -OCH3 is 1. The molecule has 0 saturated heterocycles. The topological polar surface area (TPSA) is 96.4 Å². The molecular weight excluding hydrogens is 416 g/mol. The van der Waals surface area contributed by atoms with Gasteiger partial charge in [-0.3, -0.25) is 4.79 Å². The van der Waals surface area contributed by atoms with Crippen LogP contribution in [0.15, 0.2) is 91.1 Å². The highest BCUT2D eigenvalue weighted by Crippen LogP contribution is 2.28. The fourth-order valence-corrected chi connectivity index (χ4v) is 3.44. The van der Waals surface area contributed by atoms with Gasteiger partial charge in [-0.15, -0.1) is 0 Å². The summed E-state index contributed by atoms with van der Waals surface area (Å²) in [6, 6.07) is 26.3. The van der Waals surface area contributed by atoms with Gasteiger partial charge in [0.2, 0.25) is 5.95 Å². The Hall–Kier alpha value is -4.39. The summed E-state index contributed by atoms with van der Waals surface area (Å²) in [4.78, 5) is 21.2. The molecule has 4 aromatic rings. The Morgan fingerprint density at radius 2 is 1.52 bits per heavy atom. The first-order valence-electron chi connectivity index (χ1n) is 10.5. The van der Waals surface area contributed by atoms with Crippen LogP contribution in [0, 0.1) is 0 Å². The van der Waals surface area contributed by atoms with Crippen LogP contribution in [0.4, 0.5) is 23.1 Å². The van der Waals surface area contributed by atoms with Gasteiger partial charge in [0.15, 0.2) is 0 Å². The van der Waals surface area contributed by atoms with Gasteiger partial charge in [-0.1, -0.05) is 48.5 Å². The molecule has 7 nitrogen and oxygen atoms in total. The Kier molecular flexibility index (Phi) is 6.80. The van der Waals surface area contributed by atoms with Crippen LogP contribution in [0.1, 0.15) is 17.0 Å². The van der Waals surface area contributed by atoms with Gasteiger partial charge in [0.1, 0.15) is 11.6 Å². The Balaban J connectivity index is 1.66. The van der Waals surface area contributed by atoms with E-state index in [4.69, 9.17) is 4.74 Å². The lowest BCUT2D eigenvalue weighted by molar-refractivity contribution is -0.138. The van der Waals surface area contributed by atoms with Gasteiger partial charge in [0.05, 0.1) is 13.0 Å². The van der Waals surface area contributed by atoms with E-state index in [1.807, 2.05) is 60.7 Å². The first kappa shape index (κ1) is 21.8. The molecule has 7 heteroatoms. The van der Waals surface area contributed by atoms with E-state index < -0.39 is 11.9 Å². The van der Waals surface area contributed by atoms with Crippen molar-refractivity contribution >= 4 is 29.1 Å². The first-order chi connectivity index (χ1) is 16.1. The van der Waals surface area contributed by atoms with E-state index in [1.54, 1.807) is 37.6 Å². The van der Waals surface area contributed by atoms with Gasteiger partial charge in [-0.05, 0) is 48.4 Å². The molecule has 33 heavy (non-hydrogen) atoms. The normalized spacial score (nSPS) is 11.4. The lowest BCUT2D eigenvalue weighted by Gasteiger charge is -2.17. The Labute approximate surface area is 192 Å². The third-order valence-corrected chi connectivity index (χ3v) is 5.17. The highest BCUT2D eigenvalue weighted by Gasteiger charge is 2.23. The molecule has 0 saturated carbocycles. The number of benzene rings is 3. The van der Waals surface area contributed by atoms with Crippen LogP contribution in [0.3, 0.4) is 0 Å². The van der Waals surface area contributed by atoms with Crippen LogP contribution in [0.2, 0.25) is 0 Å². The van der Waals surface area contributed by atoms with Gasteiger partial charge in [-0.25, -0.2) is 4.98 Å². The van der Waals surface area contributed by atoms with Gasteiger partial charge in [-0.2, -0.15) is 4.98 Å². The van der Waals surface area contributed by atoms with Gasteiger partial charge in [0.25, 0.3) is 0 Å². The van der Waals surface area contributed by atoms with Crippen molar-refractivity contribution < 1.29 is 14.6 Å². The maximum Gasteiger partial charge on any atom is 0.311 e. The molecule has 3 N–H and O–H groups in total. The summed E-state index contributed by atoms with van der Waals surface area (Å²) in [5.41, 5.74) is 3.08. The van der Waals surface area contributed by atoms with Crippen molar-refractivity contribution in [2.24, 2.45) is 0 Å². The number of para-hydroxylation sites is 2. The number of aliphatic carboxylic acids is 1. The number of anilines is 4. The summed E-state index contributed by atoms with van der Waals surface area (Å²) in [5, 5.41) is 16.4. The zero-order valence-electron chi connectivity index (χ0n) is 18.1. The Morgan fingerprint density at radius 1 is 0.909 bits per heavy atom. The summed E-state index contributed by atoms with van der Waals surface area (Å²) >= 11 is 0. The van der Waals surface area contributed by atoms with Crippen molar-refractivity contribution in [3.05, 3.63) is 102 Å². The smallest absolute Gasteiger partial charge is 0.311 e. The zero-order chi connectivity index (χ0) is 23.0. The van der Waals surface area contributed by atoms with Crippen molar-refractivity contribution in [3.8, 4) is 5.75 Å². The predicted molar refractivity (Wildman–Crippen MR) is 129 cm³/mol. The molecule has 0 aliphatic rings. The van der Waals surface area contributed by atoms with E-state index >= 15 is 0 Å². The minimum atomic E-state index is -0.919. The summed E-state index contributed by atoms with van der Waals surface area (Å²) in [5.74, 6) is -0.0378. The van der Waals surface area contributed by atoms with E-state index in [-0.39, 0.29) is 6.42 Å². The monoisotopic (exact) mass is 440 g/mol. The summed E-state index contributed by atoms with van der Waals surface area (Å²) in [7, 11) is 1.58. The van der Waals surface area contributed by atoms with Crippen molar-refractivity contribution in [3.63, 3.8) is 0 Å². The Morgan fingerprint density at radius 3 is 2.09 bits per heavy atom. The standard InChI is InChI=1S/C26H24N4O3/c1-33-22-14-12-18(13-15-22)23(25(31)32)16-19-17-27-26(29-21-10-6-3-7-11-21)30-24(19)28-20-8-4-2-5-9-20/h2-15,17,23H,16H2,1H3,(H,31,32)(H2,27,28,29,30). The second-order valence-electron chi connectivity index (χ2n) is 7.42. The molecular formula is C26H24N4O3. The first-order valence-corrected chi connectivity index (χ1v) is 10.5. The predicted octanol–water partition coefficient (Wildman–Crippen LogP) is 5.38. The minimum absolute atomic E-state index is 0.225. The van der Waals surface area contributed by atoms with Crippen molar-refractivity contribution in [1.82, 2.24) is 9.97 Å². The molecule has 0 aliphatic heterocycles. The summed E-state index contributed by atoms with van der Waals surface area (Å²) in [6.45, 7) is 0. The zero-order valence-corrected chi connectivity index (χ0v) is 18.1. The molecule has 1 unspecified atom stereocenters. The molecule has 4 rings (SSSR count). The summed E-state index contributed by atoms with van der Waals surface area (Å²) in [6.07, 6.45) is 1.89. The average Bonchev–Trinajstić information content (AvgIpc) is 2.85. The molecule has 1 atom stereocenters. The number of rotatable bonds is 9. The van der Waals surface area contributed by atoms with Gasteiger partial charge < -0.3 is 20.5 Å². The van der Waals surface area contributed by atoms with Crippen molar-refractivity contribution in [1.29, 1.82) is 0 Å². The largest absolute Gasteiger partial charge is 0.497 e. The molecule has 0 radical (unpaired) electrons. The molecule has 0 fully saturated rings. The lowest BCUT2D eigenvalue weighted by Crippen LogP contribution is -2.16. The lowest BCUT2D eigenvalue weighted by atomic mass is 9.92. The van der Waals surface area contributed by atoms with Crippen LogP contribution in [-0.4, -0.2) is 28.2 Å². The number of nitrogens with one attached hydrogen (secondary N) is 2. The van der Waals surface area contributed by atoms with E-state index in [0.29, 0.717) is 28.6 Å². The minimum Gasteiger partial charge on any atom is -0.497 e. The van der Waals surface area contributed by atoms with Gasteiger partial charge >= 0.3 is 5.97 Å². The maximum atomic E-state index is 12.1. The van der Waals surface area contributed by atoms with Crippen LogP contribution in [0.5, 0.6) is 5.75 Å². The maximum absolute atomic E-state index is 12.1. The molecule has 1 heterocycles. The van der Waals surface area contributed by atoms with E-state index in [0.717, 1.165) is 11.4 Å². The fraction of sp³-hybridized carbons (Fsp3) is 0.115. The number of carboxylic acid groups (broad SMARTS) is 1. The highest BCUT2D eigenvalue weighted by atomic mass is 16.5. The molecule has 0 bridgehead atoms. The highest BCUT2D eigenvalue weighted by molar-refractivity contribution is 5.77. The SMILES string of the molecule is COc1ccc(C(Cc2cnc(Nc3ccccc3)nc2Nc2ccccc2)C(=O)O)cc1. The molecule has 3 aromatic carbocycles. The fourth-order valence-electron chi connectivity index (χ4n) is 3.44. The van der Waals surface area contributed by atoms with Crippen LogP contribution >= 0.6 is 0 Å². The summed E-state index contributed by atoms with van der Waals surface area (Å²) < 4.78 is 5.19. The third kappa shape index (κ3) is 5.65. The number of ether oxygens (including phenoxy) is 1. The second-order valence-corrected chi connectivity index (χ2v) is 7.42. The molecule has 0 aliphatic carbocycles. The molecule has 0 spiro atoms. The quantitative estimate of drug-likeness (QED) is 0.321. The number of hydrogen-bond donors (Lipinski definition) is 3. The van der Waals surface area contributed by atoms with Crippen molar-refractivity contribution in [2.45, 2.75) is 12.3 Å². The van der Waals surface area contributed by atoms with Crippen LogP contribution in [-0.2, 0) is 11.2 Å². The molecule has 1 aromatic heterocycles. The average molecular weight is 441 g/mol. The van der Waals surface area contributed by atoms with Crippen molar-refractivity contribution in [2.75, 3.05) is 17.7 Å². The molecule has 166 valence electrons. The molecule has 0 amide bonds. The number of carboxylic acids is 1. The van der Waals surface area contributed by atoms with Gasteiger partial charge in [0, 0.05) is 23.1 Å². The third-order valence-electron chi connectivity index (χ3n) is 5.17. The number of hydrogen-bond acceptors (Lipinski definition) is 6. The van der Waals surface area contributed by atoms with E-state index in [1.165, 1.54) is 0 Å². The van der Waals surface area contributed by atoms with E-state index in [9.17, 15) is 9.90 Å². The number of aromatic nitrogens is 2. The number of nitrogens with zero attached hydrogens (tertiary/aromatic N) is 2. The second kappa shape index (κ2) is 10.3. The number of carbonyl (C=O) groups is 1. The van der Waals surface area contributed by atoms with Crippen LogP contribution < -0.4 is 15.4 Å².